The maximum absolute atomic E-state index is 13.2. The van der Waals surface area contributed by atoms with Gasteiger partial charge < -0.3 is 20.1 Å². The molecule has 1 aliphatic rings. The first kappa shape index (κ1) is 7.90. The van der Waals surface area contributed by atoms with E-state index in [4.69, 9.17) is 11.6 Å². The molecule has 0 bridgehead atoms. The smallest absolute Gasteiger partial charge is 0.344 e. The van der Waals surface area contributed by atoms with Crippen LogP contribution in [0.5, 0.6) is 0 Å². The molecule has 12 heavy (non-hydrogen) atoms. The lowest BCUT2D eigenvalue weighted by Crippen LogP contribution is -2.66. The van der Waals surface area contributed by atoms with Crippen molar-refractivity contribution >= 4 is 5.97 Å². The Labute approximate surface area is 68.8 Å². The van der Waals surface area contributed by atoms with Gasteiger partial charge in [-0.15, -0.1) is 0 Å². The Morgan fingerprint density at radius 1 is 1.83 bits per heavy atom. The molecule has 0 aromatic rings. The molecule has 0 spiro atoms. The molecule has 1 rings (SSSR count). The summed E-state index contributed by atoms with van der Waals surface area (Å²) >= 11 is 0. The maximum Gasteiger partial charge on any atom is 0.344 e. The van der Waals surface area contributed by atoms with Gasteiger partial charge in [-0.1, -0.05) is 0 Å². The molecule has 3 atom stereocenters. The number of halogens is 1. The Hall–Kier alpha value is -0.720. The summed E-state index contributed by atoms with van der Waals surface area (Å²) in [6.45, 7) is -1.87. The fourth-order valence-electron chi connectivity index (χ4n) is 0.803. The minimum atomic E-state index is -3.54. The lowest BCUT2D eigenvalue weighted by atomic mass is 9.90. The molecule has 0 saturated carbocycles. The van der Waals surface area contributed by atoms with Crippen molar-refractivity contribution in [2.45, 2.75) is 24.5 Å². The van der Waals surface area contributed by atoms with E-state index in [-0.39, 0.29) is 0 Å². The minimum absolute atomic E-state index is 0.742. The average Bonchev–Trinajstić information content (AvgIpc) is 2.09. The molecule has 70 valence electrons. The molecule has 6 heteroatoms. The fourth-order valence-corrected chi connectivity index (χ4v) is 0.803. The fraction of sp³-hybridized carbons (Fsp3) is 0.833. The van der Waals surface area contributed by atoms with Crippen molar-refractivity contribution in [3.8, 4) is 0 Å². The Kier molecular flexibility index (Phi) is 1.57. The quantitative estimate of drug-likeness (QED) is 0.388. The van der Waals surface area contributed by atoms with Gasteiger partial charge in [0, 0.05) is 1.37 Å². The molecule has 0 amide bonds. The number of hydrogen-bond acceptors (Lipinski definition) is 5. The molecule has 0 unspecified atom stereocenters. The van der Waals surface area contributed by atoms with E-state index >= 15 is 0 Å². The van der Waals surface area contributed by atoms with Crippen molar-refractivity contribution in [1.82, 2.24) is 0 Å². The van der Waals surface area contributed by atoms with Gasteiger partial charge in [0.2, 0.25) is 5.60 Å². The number of alkyl halides is 1. The molecule has 0 aromatic carbocycles. The average molecular weight is 181 g/mol. The van der Waals surface area contributed by atoms with Crippen molar-refractivity contribution in [3.63, 3.8) is 0 Å². The van der Waals surface area contributed by atoms with E-state index in [0.717, 1.165) is 0 Å². The summed E-state index contributed by atoms with van der Waals surface area (Å²) in [5.74, 6) is -4.98. The summed E-state index contributed by atoms with van der Waals surface area (Å²) in [7, 11) is 0. The van der Waals surface area contributed by atoms with Crippen LogP contribution >= 0.6 is 0 Å². The summed E-state index contributed by atoms with van der Waals surface area (Å²) in [6.07, 6.45) is -2.04. The van der Waals surface area contributed by atoms with Gasteiger partial charge in [0.05, 0.1) is 0 Å². The predicted molar refractivity (Wildman–Crippen MR) is 33.6 cm³/mol. The van der Waals surface area contributed by atoms with Crippen LogP contribution < -0.4 is 0 Å². The van der Waals surface area contributed by atoms with Crippen LogP contribution in [0.3, 0.4) is 0 Å². The Balaban J connectivity index is 3.05. The monoisotopic (exact) mass is 181 g/mol. The van der Waals surface area contributed by atoms with E-state index in [0.29, 0.717) is 0 Å². The topological polar surface area (TPSA) is 87.0 Å². The van der Waals surface area contributed by atoms with Gasteiger partial charge in [0.15, 0.2) is 6.10 Å². The van der Waals surface area contributed by atoms with Gasteiger partial charge >= 0.3 is 5.97 Å². The van der Waals surface area contributed by atoms with Crippen molar-refractivity contribution < 1.29 is 30.6 Å². The number of hydrogen-bond donors (Lipinski definition) is 3. The first-order valence-electron chi connectivity index (χ1n) is 3.85. The normalized spacial score (nSPS) is 49.8. The number of cyclic esters (lactones) is 1. The van der Waals surface area contributed by atoms with Crippen LogP contribution in [-0.2, 0) is 9.53 Å². The predicted octanol–water partition coefficient (Wildman–Crippen LogP) is -1.69. The molecular formula is C6H9FO5. The molecular weight excluding hydrogens is 171 g/mol. The van der Waals surface area contributed by atoms with Gasteiger partial charge in [0.25, 0.3) is 5.85 Å². The third kappa shape index (κ3) is 0.996. The van der Waals surface area contributed by atoms with Crippen LogP contribution in [-0.4, -0.2) is 45.5 Å². The van der Waals surface area contributed by atoms with E-state index in [1.807, 2.05) is 0 Å². The third-order valence-corrected chi connectivity index (χ3v) is 1.73. The first-order chi connectivity index (χ1) is 5.86. The zero-order valence-corrected chi connectivity index (χ0v) is 6.03. The van der Waals surface area contributed by atoms with Crippen molar-refractivity contribution in [1.29, 1.82) is 0 Å². The van der Waals surface area contributed by atoms with Gasteiger partial charge in [-0.25, -0.2) is 9.18 Å². The van der Waals surface area contributed by atoms with Crippen LogP contribution in [0.25, 0.3) is 0 Å². The SMILES string of the molecule is [2H]C[C@]1(O)C(=O)OC[C@@H](O)[C@]1(O)F. The second-order valence-corrected chi connectivity index (χ2v) is 2.65. The van der Waals surface area contributed by atoms with Gasteiger partial charge in [-0.2, -0.15) is 0 Å². The van der Waals surface area contributed by atoms with E-state index in [2.05, 4.69) is 4.74 Å². The highest BCUT2D eigenvalue weighted by molar-refractivity contribution is 5.81. The highest BCUT2D eigenvalue weighted by Crippen LogP contribution is 2.32. The van der Waals surface area contributed by atoms with Crippen LogP contribution in [0.4, 0.5) is 4.39 Å². The number of carbonyl (C=O) groups excluding carboxylic acids is 1. The Morgan fingerprint density at radius 2 is 2.42 bits per heavy atom. The maximum atomic E-state index is 13.2. The number of aliphatic hydroxyl groups excluding tert-OH is 1. The van der Waals surface area contributed by atoms with Crippen LogP contribution in [0.15, 0.2) is 0 Å². The Bertz CT molecular complexity index is 233. The van der Waals surface area contributed by atoms with Crippen molar-refractivity contribution in [3.05, 3.63) is 0 Å². The van der Waals surface area contributed by atoms with Gasteiger partial charge in [-0.05, 0) is 6.90 Å². The summed E-state index contributed by atoms with van der Waals surface area (Å²) in [6, 6.07) is 0. The van der Waals surface area contributed by atoms with Crippen LogP contribution in [0, 0.1) is 0 Å². The molecule has 1 aliphatic heterocycles. The lowest BCUT2D eigenvalue weighted by molar-refractivity contribution is -0.295. The minimum Gasteiger partial charge on any atom is -0.460 e. The molecule has 0 aromatic heterocycles. The van der Waals surface area contributed by atoms with Gasteiger partial charge in [0.1, 0.15) is 6.61 Å². The number of carbonyl (C=O) groups is 1. The van der Waals surface area contributed by atoms with Crippen molar-refractivity contribution in [2.24, 2.45) is 0 Å². The summed E-state index contributed by atoms with van der Waals surface area (Å²) in [4.78, 5) is 10.8. The zero-order chi connectivity index (χ0) is 10.3. The first-order valence-corrected chi connectivity index (χ1v) is 3.14. The molecule has 1 fully saturated rings. The third-order valence-electron chi connectivity index (χ3n) is 1.73. The molecule has 1 saturated heterocycles. The van der Waals surface area contributed by atoms with Gasteiger partial charge in [-0.3, -0.25) is 0 Å². The highest BCUT2D eigenvalue weighted by Gasteiger charge is 2.61. The van der Waals surface area contributed by atoms with Crippen molar-refractivity contribution in [2.75, 3.05) is 6.61 Å². The molecule has 1 heterocycles. The second kappa shape index (κ2) is 2.38. The highest BCUT2D eigenvalue weighted by atomic mass is 19.2. The van der Waals surface area contributed by atoms with E-state index in [1.165, 1.54) is 0 Å². The molecule has 0 aliphatic carbocycles. The number of rotatable bonds is 0. The Morgan fingerprint density at radius 3 is 2.83 bits per heavy atom. The van der Waals surface area contributed by atoms with E-state index < -0.39 is 37.0 Å². The molecule has 5 nitrogen and oxygen atoms in total. The van der Waals surface area contributed by atoms with Crippen LogP contribution in [0.2, 0.25) is 0 Å². The number of aliphatic hydroxyl groups is 3. The molecule has 0 radical (unpaired) electrons. The molecule has 3 N–H and O–H groups in total. The van der Waals surface area contributed by atoms with Crippen LogP contribution in [0.1, 0.15) is 8.27 Å². The van der Waals surface area contributed by atoms with E-state index in [1.54, 1.807) is 0 Å². The zero-order valence-electron chi connectivity index (χ0n) is 7.03. The van der Waals surface area contributed by atoms with E-state index in [9.17, 15) is 14.3 Å². The lowest BCUT2D eigenvalue weighted by Gasteiger charge is -2.39. The summed E-state index contributed by atoms with van der Waals surface area (Å²) < 4.78 is 24.1. The summed E-state index contributed by atoms with van der Waals surface area (Å²) in [5.41, 5.74) is -3.01. The number of esters is 1. The number of ether oxygens (including phenoxy) is 1. The summed E-state index contributed by atoms with van der Waals surface area (Å²) in [5, 5.41) is 27.0. The second-order valence-electron chi connectivity index (χ2n) is 2.65. The largest absolute Gasteiger partial charge is 0.460 e. The standard InChI is InChI=1S/C6H9FO5/c1-5(10)4(9)12-2-3(8)6(5,7)11/h3,8,10-11H,2H2,1H3/t3-,5+,6-/m1/s1/i1D.